The Hall–Kier alpha value is -1.06. The molecule has 1 N–H and O–H groups in total. The smallest absolute Gasteiger partial charge is 0.308 e. The summed E-state index contributed by atoms with van der Waals surface area (Å²) in [6.07, 6.45) is 1.86. The van der Waals surface area contributed by atoms with Crippen LogP contribution in [0.15, 0.2) is 0 Å². The van der Waals surface area contributed by atoms with Crippen molar-refractivity contribution in [3.63, 3.8) is 0 Å². The number of aliphatic carboxylic acids is 1. The number of hydrogen-bond donors (Lipinski definition) is 1. The number of nitrogens with zero attached hydrogens (tertiary/aromatic N) is 1. The number of amides is 1. The van der Waals surface area contributed by atoms with E-state index in [9.17, 15) is 9.59 Å². The molecular formula is C12H21NO3. The molecule has 1 heterocycles. The maximum absolute atomic E-state index is 11.8. The first-order valence-electron chi connectivity index (χ1n) is 5.99. The number of hydrogen-bond acceptors (Lipinski definition) is 2. The second-order valence-electron chi connectivity index (χ2n) is 4.75. The zero-order valence-electron chi connectivity index (χ0n) is 10.3. The van der Waals surface area contributed by atoms with Gasteiger partial charge in [0.2, 0.25) is 5.91 Å². The molecule has 0 spiro atoms. The van der Waals surface area contributed by atoms with Gasteiger partial charge in [-0.2, -0.15) is 0 Å². The summed E-state index contributed by atoms with van der Waals surface area (Å²) in [5.41, 5.74) is 0. The molecule has 16 heavy (non-hydrogen) atoms. The van der Waals surface area contributed by atoms with Gasteiger partial charge in [0.05, 0.1) is 5.92 Å². The standard InChI is InChI=1S/C12H21NO3/c1-4-8(2)9(3)13-7-10(12(15)16)5-6-11(13)14/h8-10H,4-7H2,1-3H3,(H,15,16). The van der Waals surface area contributed by atoms with Crippen LogP contribution in [0.25, 0.3) is 0 Å². The van der Waals surface area contributed by atoms with Gasteiger partial charge in [-0.1, -0.05) is 20.3 Å². The van der Waals surface area contributed by atoms with Crippen LogP contribution in [-0.2, 0) is 9.59 Å². The molecule has 0 aromatic rings. The molecule has 0 aromatic carbocycles. The van der Waals surface area contributed by atoms with Crippen molar-refractivity contribution in [1.82, 2.24) is 4.90 Å². The first-order valence-corrected chi connectivity index (χ1v) is 5.99. The van der Waals surface area contributed by atoms with Gasteiger partial charge in [-0.3, -0.25) is 9.59 Å². The van der Waals surface area contributed by atoms with Gasteiger partial charge < -0.3 is 10.0 Å². The summed E-state index contributed by atoms with van der Waals surface area (Å²) in [6, 6.07) is 0.139. The minimum Gasteiger partial charge on any atom is -0.481 e. The Morgan fingerprint density at radius 2 is 2.19 bits per heavy atom. The highest BCUT2D eigenvalue weighted by Crippen LogP contribution is 2.23. The molecule has 0 aromatic heterocycles. The normalized spacial score (nSPS) is 25.3. The van der Waals surface area contributed by atoms with Crippen LogP contribution in [0.4, 0.5) is 0 Å². The van der Waals surface area contributed by atoms with E-state index < -0.39 is 5.97 Å². The van der Waals surface area contributed by atoms with E-state index in [0.717, 1.165) is 6.42 Å². The molecule has 1 aliphatic rings. The van der Waals surface area contributed by atoms with Gasteiger partial charge in [-0.25, -0.2) is 0 Å². The second-order valence-corrected chi connectivity index (χ2v) is 4.75. The van der Waals surface area contributed by atoms with Gasteiger partial charge in [0.25, 0.3) is 0 Å². The molecule has 1 amide bonds. The van der Waals surface area contributed by atoms with Crippen molar-refractivity contribution in [2.24, 2.45) is 11.8 Å². The Morgan fingerprint density at radius 3 is 2.69 bits per heavy atom. The van der Waals surface area contributed by atoms with Crippen LogP contribution in [0.2, 0.25) is 0 Å². The molecule has 1 aliphatic heterocycles. The Bertz CT molecular complexity index is 277. The monoisotopic (exact) mass is 227 g/mol. The van der Waals surface area contributed by atoms with Gasteiger partial charge in [0, 0.05) is 19.0 Å². The number of piperidine rings is 1. The summed E-state index contributed by atoms with van der Waals surface area (Å²) in [4.78, 5) is 24.4. The highest BCUT2D eigenvalue weighted by molar-refractivity contribution is 5.80. The Labute approximate surface area is 96.6 Å². The Kier molecular flexibility index (Phi) is 4.33. The van der Waals surface area contributed by atoms with Gasteiger partial charge in [0.15, 0.2) is 0 Å². The average Bonchev–Trinajstić information content (AvgIpc) is 2.27. The number of likely N-dealkylation sites (tertiary alicyclic amines) is 1. The molecule has 0 saturated carbocycles. The van der Waals surface area contributed by atoms with Crippen molar-refractivity contribution in [2.75, 3.05) is 6.54 Å². The topological polar surface area (TPSA) is 57.6 Å². The van der Waals surface area contributed by atoms with E-state index in [1.807, 2.05) is 6.92 Å². The van der Waals surface area contributed by atoms with Gasteiger partial charge in [-0.15, -0.1) is 0 Å². The average molecular weight is 227 g/mol. The van der Waals surface area contributed by atoms with Gasteiger partial charge in [-0.05, 0) is 19.3 Å². The van der Waals surface area contributed by atoms with Gasteiger partial charge >= 0.3 is 5.97 Å². The van der Waals surface area contributed by atoms with Crippen LogP contribution >= 0.6 is 0 Å². The summed E-state index contributed by atoms with van der Waals surface area (Å²) >= 11 is 0. The van der Waals surface area contributed by atoms with E-state index >= 15 is 0 Å². The first kappa shape index (κ1) is 13.0. The molecule has 0 bridgehead atoms. The number of carboxylic acids is 1. The summed E-state index contributed by atoms with van der Waals surface area (Å²) in [5.74, 6) is -0.653. The van der Waals surface area contributed by atoms with Crippen LogP contribution < -0.4 is 0 Å². The van der Waals surface area contributed by atoms with Crippen LogP contribution in [-0.4, -0.2) is 34.5 Å². The lowest BCUT2D eigenvalue weighted by atomic mass is 9.92. The maximum Gasteiger partial charge on any atom is 0.308 e. The van der Waals surface area contributed by atoms with Crippen LogP contribution in [0, 0.1) is 11.8 Å². The largest absolute Gasteiger partial charge is 0.481 e. The van der Waals surface area contributed by atoms with E-state index in [4.69, 9.17) is 5.11 Å². The number of carbonyl (C=O) groups excluding carboxylic acids is 1. The van der Waals surface area contributed by atoms with Crippen molar-refractivity contribution in [2.45, 2.75) is 46.1 Å². The highest BCUT2D eigenvalue weighted by Gasteiger charge is 2.33. The minimum atomic E-state index is -0.783. The Morgan fingerprint density at radius 1 is 1.56 bits per heavy atom. The fourth-order valence-corrected chi connectivity index (χ4v) is 2.12. The summed E-state index contributed by atoms with van der Waals surface area (Å²) < 4.78 is 0. The van der Waals surface area contributed by atoms with Crippen molar-refractivity contribution in [1.29, 1.82) is 0 Å². The maximum atomic E-state index is 11.8. The third-order valence-corrected chi connectivity index (χ3v) is 3.75. The lowest BCUT2D eigenvalue weighted by Gasteiger charge is -2.37. The van der Waals surface area contributed by atoms with E-state index in [1.54, 1.807) is 4.90 Å². The molecule has 3 atom stereocenters. The molecule has 4 nitrogen and oxygen atoms in total. The fraction of sp³-hybridized carbons (Fsp3) is 0.833. The molecule has 92 valence electrons. The molecule has 1 rings (SSSR count). The number of rotatable bonds is 4. The summed E-state index contributed by atoms with van der Waals surface area (Å²) in [5, 5.41) is 8.98. The van der Waals surface area contributed by atoms with Crippen LogP contribution in [0.1, 0.15) is 40.0 Å². The van der Waals surface area contributed by atoms with Crippen molar-refractivity contribution >= 4 is 11.9 Å². The Balaban J connectivity index is 2.69. The number of carboxylic acid groups (broad SMARTS) is 1. The van der Waals surface area contributed by atoms with E-state index in [0.29, 0.717) is 25.3 Å². The highest BCUT2D eigenvalue weighted by atomic mass is 16.4. The molecule has 4 heteroatoms. The van der Waals surface area contributed by atoms with Crippen molar-refractivity contribution < 1.29 is 14.7 Å². The van der Waals surface area contributed by atoms with Crippen LogP contribution in [0.3, 0.4) is 0 Å². The molecular weight excluding hydrogens is 206 g/mol. The lowest BCUT2D eigenvalue weighted by molar-refractivity contribution is -0.149. The summed E-state index contributed by atoms with van der Waals surface area (Å²) in [7, 11) is 0. The lowest BCUT2D eigenvalue weighted by Crippen LogP contribution is -2.49. The van der Waals surface area contributed by atoms with Crippen LogP contribution in [0.5, 0.6) is 0 Å². The molecule has 0 aliphatic carbocycles. The zero-order valence-corrected chi connectivity index (χ0v) is 10.3. The third-order valence-electron chi connectivity index (χ3n) is 3.75. The van der Waals surface area contributed by atoms with E-state index in [1.165, 1.54) is 0 Å². The molecule has 3 unspecified atom stereocenters. The molecule has 1 fully saturated rings. The molecule has 1 saturated heterocycles. The zero-order chi connectivity index (χ0) is 12.3. The SMILES string of the molecule is CCC(C)C(C)N1CC(C(=O)O)CCC1=O. The summed E-state index contributed by atoms with van der Waals surface area (Å²) in [6.45, 7) is 6.57. The number of carbonyl (C=O) groups is 2. The molecule has 0 radical (unpaired) electrons. The van der Waals surface area contributed by atoms with E-state index in [2.05, 4.69) is 13.8 Å². The predicted octanol–water partition coefficient (Wildman–Crippen LogP) is 1.74. The van der Waals surface area contributed by atoms with E-state index in [-0.39, 0.29) is 17.9 Å². The first-order chi connectivity index (χ1) is 7.47. The van der Waals surface area contributed by atoms with Gasteiger partial charge in [0.1, 0.15) is 0 Å². The third kappa shape index (κ3) is 2.74. The predicted molar refractivity (Wildman–Crippen MR) is 61.0 cm³/mol. The minimum absolute atomic E-state index is 0.102. The second kappa shape index (κ2) is 5.32. The van der Waals surface area contributed by atoms with Crippen molar-refractivity contribution in [3.8, 4) is 0 Å². The van der Waals surface area contributed by atoms with Crippen molar-refractivity contribution in [3.05, 3.63) is 0 Å². The quantitative estimate of drug-likeness (QED) is 0.796. The fourth-order valence-electron chi connectivity index (χ4n) is 2.12.